The molecule has 0 bridgehead atoms. The van der Waals surface area contributed by atoms with E-state index in [1.807, 2.05) is 0 Å². The third-order valence-corrected chi connectivity index (χ3v) is 2.57. The van der Waals surface area contributed by atoms with Gasteiger partial charge in [-0.05, 0) is 38.5 Å². The van der Waals surface area contributed by atoms with Crippen molar-refractivity contribution in [2.45, 2.75) is 57.8 Å². The van der Waals surface area contributed by atoms with E-state index in [0.717, 1.165) is 0 Å². The van der Waals surface area contributed by atoms with Crippen LogP contribution in [0.15, 0.2) is 24.3 Å². The summed E-state index contributed by atoms with van der Waals surface area (Å²) >= 11 is 0. The highest BCUT2D eigenvalue weighted by Crippen LogP contribution is 2.09. The van der Waals surface area contributed by atoms with E-state index in [-0.39, 0.29) is 0 Å². The quantitative estimate of drug-likeness (QED) is 0.475. The SMILES string of the molecule is C1=CCCCCCCCC=CCC1. The first-order valence-corrected chi connectivity index (χ1v) is 5.80. The maximum absolute atomic E-state index is 2.35. The molecule has 0 aromatic rings. The Hall–Kier alpha value is -0.520. The Morgan fingerprint density at radius 2 is 0.769 bits per heavy atom. The predicted octanol–water partition coefficient (Wildman–Crippen LogP) is 4.62. The van der Waals surface area contributed by atoms with Crippen LogP contribution >= 0.6 is 0 Å². The van der Waals surface area contributed by atoms with Gasteiger partial charge in [-0.2, -0.15) is 0 Å². The minimum absolute atomic E-state index is 1.23. The summed E-state index contributed by atoms with van der Waals surface area (Å²) in [6.45, 7) is 0. The van der Waals surface area contributed by atoms with Gasteiger partial charge in [-0.3, -0.25) is 0 Å². The smallest absolute Gasteiger partial charge is 0.0316 e. The van der Waals surface area contributed by atoms with Crippen LogP contribution in [-0.2, 0) is 0 Å². The van der Waals surface area contributed by atoms with Crippen molar-refractivity contribution in [1.82, 2.24) is 0 Å². The molecule has 0 nitrogen and oxygen atoms in total. The lowest BCUT2D eigenvalue weighted by atomic mass is 10.1. The van der Waals surface area contributed by atoms with Crippen LogP contribution in [-0.4, -0.2) is 0 Å². The highest BCUT2D eigenvalue weighted by Gasteiger charge is 1.89. The Labute approximate surface area is 82.7 Å². The van der Waals surface area contributed by atoms with E-state index in [0.29, 0.717) is 0 Å². The monoisotopic (exact) mass is 178 g/mol. The van der Waals surface area contributed by atoms with E-state index in [1.165, 1.54) is 57.8 Å². The molecule has 0 fully saturated rings. The van der Waals surface area contributed by atoms with Gasteiger partial charge in [-0.1, -0.05) is 43.6 Å². The van der Waals surface area contributed by atoms with Gasteiger partial charge in [-0.15, -0.1) is 0 Å². The molecule has 1 aliphatic rings. The highest BCUT2D eigenvalue weighted by atomic mass is 14.0. The fourth-order valence-corrected chi connectivity index (χ4v) is 1.72. The van der Waals surface area contributed by atoms with Gasteiger partial charge in [0.05, 0.1) is 0 Å². The first kappa shape index (κ1) is 10.6. The second kappa shape index (κ2) is 8.10. The van der Waals surface area contributed by atoms with Crippen LogP contribution in [0.1, 0.15) is 57.8 Å². The lowest BCUT2D eigenvalue weighted by molar-refractivity contribution is 0.622. The van der Waals surface area contributed by atoms with E-state index >= 15 is 0 Å². The molecule has 74 valence electrons. The minimum atomic E-state index is 1.23. The first-order valence-electron chi connectivity index (χ1n) is 5.80. The summed E-state index contributed by atoms with van der Waals surface area (Å²) in [5.41, 5.74) is 0. The van der Waals surface area contributed by atoms with Crippen molar-refractivity contribution < 1.29 is 0 Å². The molecule has 0 aromatic heterocycles. The molecule has 1 rings (SSSR count). The van der Waals surface area contributed by atoms with Crippen molar-refractivity contribution in [3.05, 3.63) is 24.3 Å². The second-order valence-corrected chi connectivity index (χ2v) is 3.87. The predicted molar refractivity (Wildman–Crippen MR) is 59.8 cm³/mol. The summed E-state index contributed by atoms with van der Waals surface area (Å²) in [6, 6.07) is 0. The minimum Gasteiger partial charge on any atom is -0.0885 e. The van der Waals surface area contributed by atoms with Crippen LogP contribution in [0.2, 0.25) is 0 Å². The molecule has 13 heavy (non-hydrogen) atoms. The molecule has 0 amide bonds. The molecule has 0 N–H and O–H groups in total. The fraction of sp³-hybridized carbons (Fsp3) is 0.692. The number of allylic oxidation sites excluding steroid dienone is 4. The molecule has 0 aromatic carbocycles. The Morgan fingerprint density at radius 3 is 1.31 bits per heavy atom. The van der Waals surface area contributed by atoms with Crippen molar-refractivity contribution >= 4 is 0 Å². The van der Waals surface area contributed by atoms with Crippen molar-refractivity contribution in [1.29, 1.82) is 0 Å². The summed E-state index contributed by atoms with van der Waals surface area (Å²) in [7, 11) is 0. The van der Waals surface area contributed by atoms with E-state index in [1.54, 1.807) is 0 Å². The molecule has 0 spiro atoms. The summed E-state index contributed by atoms with van der Waals surface area (Å²) < 4.78 is 0. The molecule has 0 aliphatic heterocycles. The maximum atomic E-state index is 2.35. The molecule has 0 atom stereocenters. The van der Waals surface area contributed by atoms with Crippen LogP contribution in [0.3, 0.4) is 0 Å². The van der Waals surface area contributed by atoms with E-state index in [9.17, 15) is 0 Å². The van der Waals surface area contributed by atoms with Crippen LogP contribution in [0, 0.1) is 0 Å². The van der Waals surface area contributed by atoms with Gasteiger partial charge in [0.2, 0.25) is 0 Å². The number of hydrogen-bond acceptors (Lipinski definition) is 0. The fourth-order valence-electron chi connectivity index (χ4n) is 1.72. The van der Waals surface area contributed by atoms with Gasteiger partial charge >= 0.3 is 0 Å². The zero-order chi connectivity index (χ0) is 9.19. The summed E-state index contributed by atoms with van der Waals surface area (Å²) in [4.78, 5) is 0. The van der Waals surface area contributed by atoms with Gasteiger partial charge in [0, 0.05) is 0 Å². The van der Waals surface area contributed by atoms with Gasteiger partial charge in [0.15, 0.2) is 0 Å². The lowest BCUT2D eigenvalue weighted by Crippen LogP contribution is -1.77. The van der Waals surface area contributed by atoms with E-state index in [4.69, 9.17) is 0 Å². The van der Waals surface area contributed by atoms with Crippen molar-refractivity contribution in [3.63, 3.8) is 0 Å². The molecule has 0 radical (unpaired) electrons. The summed E-state index contributed by atoms with van der Waals surface area (Å²) in [5, 5.41) is 0. The number of rotatable bonds is 0. The highest BCUT2D eigenvalue weighted by molar-refractivity contribution is 4.88. The maximum Gasteiger partial charge on any atom is -0.0316 e. The molecule has 0 saturated carbocycles. The summed E-state index contributed by atoms with van der Waals surface area (Å²) in [5.74, 6) is 0. The number of hydrogen-bond donors (Lipinski definition) is 0. The van der Waals surface area contributed by atoms with Gasteiger partial charge in [-0.25, -0.2) is 0 Å². The standard InChI is InChI=1S/C13H22/c1-2-4-6-8-10-12-13-11-9-7-5-3-1/h1-2,7,9H,3-6,8,10-13H2. The van der Waals surface area contributed by atoms with E-state index in [2.05, 4.69) is 24.3 Å². The van der Waals surface area contributed by atoms with Crippen LogP contribution < -0.4 is 0 Å². The zero-order valence-electron chi connectivity index (χ0n) is 8.67. The van der Waals surface area contributed by atoms with Crippen molar-refractivity contribution in [2.24, 2.45) is 0 Å². The third kappa shape index (κ3) is 6.62. The second-order valence-electron chi connectivity index (χ2n) is 3.87. The average Bonchev–Trinajstić information content (AvgIpc) is 2.18. The topological polar surface area (TPSA) is 0 Å². The molecule has 0 heterocycles. The van der Waals surface area contributed by atoms with Gasteiger partial charge in [0.25, 0.3) is 0 Å². The third-order valence-electron chi connectivity index (χ3n) is 2.57. The average molecular weight is 178 g/mol. The lowest BCUT2D eigenvalue weighted by Gasteiger charge is -1.97. The molecule has 0 heteroatoms. The Balaban J connectivity index is 2.18. The van der Waals surface area contributed by atoms with E-state index < -0.39 is 0 Å². The first-order chi connectivity index (χ1) is 6.50. The molecule has 1 aliphatic carbocycles. The molecule has 0 unspecified atom stereocenters. The normalized spacial score (nSPS) is 21.5. The molecule has 0 saturated heterocycles. The Morgan fingerprint density at radius 1 is 0.385 bits per heavy atom. The summed E-state index contributed by atoms with van der Waals surface area (Å²) in [6.07, 6.45) is 21.5. The van der Waals surface area contributed by atoms with Gasteiger partial charge < -0.3 is 0 Å². The Bertz CT molecular complexity index is 135. The zero-order valence-corrected chi connectivity index (χ0v) is 8.67. The van der Waals surface area contributed by atoms with Crippen LogP contribution in [0.25, 0.3) is 0 Å². The van der Waals surface area contributed by atoms with Crippen LogP contribution in [0.5, 0.6) is 0 Å². The molecular weight excluding hydrogens is 156 g/mol. The van der Waals surface area contributed by atoms with Crippen LogP contribution in [0.4, 0.5) is 0 Å². The largest absolute Gasteiger partial charge is 0.0885 e. The van der Waals surface area contributed by atoms with Crippen molar-refractivity contribution in [3.8, 4) is 0 Å². The van der Waals surface area contributed by atoms with Gasteiger partial charge in [0.1, 0.15) is 0 Å². The van der Waals surface area contributed by atoms with Crippen molar-refractivity contribution in [2.75, 3.05) is 0 Å². The molecular formula is C13H22. The Kier molecular flexibility index (Phi) is 6.58.